The molecule has 0 aliphatic rings. The van der Waals surface area contributed by atoms with Crippen molar-refractivity contribution in [2.75, 3.05) is 14.1 Å². The molecule has 0 atom stereocenters. The van der Waals surface area contributed by atoms with Gasteiger partial charge in [0.25, 0.3) is 5.91 Å². The van der Waals surface area contributed by atoms with Gasteiger partial charge in [-0.2, -0.15) is 13.2 Å². The molecule has 1 heterocycles. The molecule has 0 aliphatic carbocycles. The number of halogens is 3. The van der Waals surface area contributed by atoms with Gasteiger partial charge >= 0.3 is 6.18 Å². The number of hydrogen-bond donors (Lipinski definition) is 1. The lowest BCUT2D eigenvalue weighted by Crippen LogP contribution is -2.28. The van der Waals surface area contributed by atoms with Gasteiger partial charge in [0, 0.05) is 31.5 Å². The lowest BCUT2D eigenvalue weighted by Gasteiger charge is -2.13. The molecule has 0 aliphatic heterocycles. The summed E-state index contributed by atoms with van der Waals surface area (Å²) in [4.78, 5) is 28.6. The minimum Gasteiger partial charge on any atom is -0.364 e. The van der Waals surface area contributed by atoms with Crippen LogP contribution in [0.25, 0.3) is 11.1 Å². The molecule has 0 fully saturated rings. The number of nitrogens with one attached hydrogen (secondary N) is 1. The molecule has 0 saturated carbocycles. The van der Waals surface area contributed by atoms with E-state index < -0.39 is 23.1 Å². The number of amides is 1. The van der Waals surface area contributed by atoms with Crippen molar-refractivity contribution in [3.05, 3.63) is 57.5 Å². The summed E-state index contributed by atoms with van der Waals surface area (Å²) in [6, 6.07) is 4.48. The first kappa shape index (κ1) is 16.8. The number of hydrogen-bond acceptors (Lipinski definition) is 2. The second-order valence-corrected chi connectivity index (χ2v) is 5.31. The van der Waals surface area contributed by atoms with Crippen LogP contribution in [0.5, 0.6) is 0 Å². The fraction of sp³-hybridized carbons (Fsp3) is 0.250. The number of aryl methyl sites for hydroxylation is 1. The van der Waals surface area contributed by atoms with Crippen molar-refractivity contribution in [2.24, 2.45) is 0 Å². The van der Waals surface area contributed by atoms with Gasteiger partial charge in [-0.15, -0.1) is 0 Å². The summed E-state index contributed by atoms with van der Waals surface area (Å²) in [5.74, 6) is -0.514. The van der Waals surface area contributed by atoms with Gasteiger partial charge in [0.15, 0.2) is 0 Å². The van der Waals surface area contributed by atoms with Gasteiger partial charge in [-0.05, 0) is 24.6 Å². The highest BCUT2D eigenvalue weighted by Crippen LogP contribution is 2.32. The number of nitrogens with zero attached hydrogens (tertiary/aromatic N) is 1. The zero-order valence-corrected chi connectivity index (χ0v) is 12.8. The number of benzene rings is 1. The zero-order valence-electron chi connectivity index (χ0n) is 12.8. The van der Waals surface area contributed by atoms with Crippen LogP contribution >= 0.6 is 0 Å². The molecule has 1 amide bonds. The third kappa shape index (κ3) is 3.28. The van der Waals surface area contributed by atoms with Crippen molar-refractivity contribution in [2.45, 2.75) is 13.1 Å². The number of alkyl halides is 3. The number of aromatic amines is 1. The van der Waals surface area contributed by atoms with Crippen LogP contribution in [0, 0.1) is 6.92 Å². The molecular formula is C16H15F3N2O2. The van der Waals surface area contributed by atoms with E-state index in [9.17, 15) is 22.8 Å². The second kappa shape index (κ2) is 5.91. The Bertz CT molecular complexity index is 808. The smallest absolute Gasteiger partial charge is 0.364 e. The summed E-state index contributed by atoms with van der Waals surface area (Å²) in [6.45, 7) is 1.57. The Labute approximate surface area is 130 Å². The molecule has 0 saturated heterocycles. The topological polar surface area (TPSA) is 53.2 Å². The Morgan fingerprint density at radius 1 is 1.22 bits per heavy atom. The van der Waals surface area contributed by atoms with Crippen LogP contribution in [0.1, 0.15) is 21.6 Å². The van der Waals surface area contributed by atoms with Gasteiger partial charge in [-0.1, -0.05) is 12.1 Å². The van der Waals surface area contributed by atoms with E-state index in [-0.39, 0.29) is 16.7 Å². The highest BCUT2D eigenvalue weighted by atomic mass is 19.4. The third-order valence-corrected chi connectivity index (χ3v) is 3.39. The van der Waals surface area contributed by atoms with E-state index in [1.165, 1.54) is 37.3 Å². The first-order valence-electron chi connectivity index (χ1n) is 6.74. The number of aromatic nitrogens is 1. The maximum Gasteiger partial charge on any atom is 0.416 e. The van der Waals surface area contributed by atoms with Crippen molar-refractivity contribution in [3.8, 4) is 11.1 Å². The van der Waals surface area contributed by atoms with Crippen molar-refractivity contribution in [1.29, 1.82) is 0 Å². The van der Waals surface area contributed by atoms with Crippen LogP contribution in [0.4, 0.5) is 13.2 Å². The molecule has 0 unspecified atom stereocenters. The minimum absolute atomic E-state index is 0.0591. The van der Waals surface area contributed by atoms with E-state index in [1.807, 2.05) is 0 Å². The van der Waals surface area contributed by atoms with E-state index >= 15 is 0 Å². The second-order valence-electron chi connectivity index (χ2n) is 5.31. The summed E-state index contributed by atoms with van der Waals surface area (Å²) in [5.41, 5.74) is -0.995. The standard InChI is InChI=1S/C16H15F3N2O2/c1-9-13(10-5-4-6-11(7-10)16(17,18)19)14(22)12(8-20-9)15(23)21(2)3/h4-8H,1-3H3,(H,20,22). The lowest BCUT2D eigenvalue weighted by atomic mass is 9.99. The van der Waals surface area contributed by atoms with Crippen LogP contribution in [-0.4, -0.2) is 29.9 Å². The van der Waals surface area contributed by atoms with Crippen LogP contribution in [0.15, 0.2) is 35.3 Å². The van der Waals surface area contributed by atoms with Crippen LogP contribution < -0.4 is 5.43 Å². The molecular weight excluding hydrogens is 309 g/mol. The largest absolute Gasteiger partial charge is 0.416 e. The Morgan fingerprint density at radius 3 is 2.43 bits per heavy atom. The Morgan fingerprint density at radius 2 is 1.87 bits per heavy atom. The Hall–Kier alpha value is -2.57. The Balaban J connectivity index is 2.67. The molecule has 122 valence electrons. The average Bonchev–Trinajstić information content (AvgIpc) is 2.46. The van der Waals surface area contributed by atoms with Crippen LogP contribution in [-0.2, 0) is 6.18 Å². The van der Waals surface area contributed by atoms with E-state index in [4.69, 9.17) is 0 Å². The summed E-state index contributed by atoms with van der Waals surface area (Å²) in [7, 11) is 2.98. The highest BCUT2D eigenvalue weighted by Gasteiger charge is 2.31. The molecule has 2 aromatic rings. The molecule has 0 radical (unpaired) electrons. The number of carbonyl (C=O) groups is 1. The van der Waals surface area contributed by atoms with E-state index in [1.54, 1.807) is 6.92 Å². The molecule has 1 N–H and O–H groups in total. The van der Waals surface area contributed by atoms with Gasteiger partial charge in [0.2, 0.25) is 5.43 Å². The summed E-state index contributed by atoms with van der Waals surface area (Å²) in [5, 5.41) is 0. The summed E-state index contributed by atoms with van der Waals surface area (Å²) >= 11 is 0. The summed E-state index contributed by atoms with van der Waals surface area (Å²) in [6.07, 6.45) is -3.23. The number of rotatable bonds is 2. The van der Waals surface area contributed by atoms with Crippen molar-refractivity contribution in [3.63, 3.8) is 0 Å². The molecule has 23 heavy (non-hydrogen) atoms. The third-order valence-electron chi connectivity index (χ3n) is 3.39. The van der Waals surface area contributed by atoms with E-state index in [0.29, 0.717) is 5.69 Å². The SMILES string of the molecule is Cc1[nH]cc(C(=O)N(C)C)c(=O)c1-c1cccc(C(F)(F)F)c1. The Kier molecular flexibility index (Phi) is 4.31. The van der Waals surface area contributed by atoms with Gasteiger partial charge in [-0.25, -0.2) is 0 Å². The lowest BCUT2D eigenvalue weighted by molar-refractivity contribution is -0.137. The molecule has 1 aromatic heterocycles. The van der Waals surface area contributed by atoms with Crippen molar-refractivity contribution < 1.29 is 18.0 Å². The normalized spacial score (nSPS) is 11.4. The minimum atomic E-state index is -4.51. The molecule has 7 heteroatoms. The first-order valence-corrected chi connectivity index (χ1v) is 6.74. The highest BCUT2D eigenvalue weighted by molar-refractivity contribution is 5.94. The van der Waals surface area contributed by atoms with Crippen molar-refractivity contribution in [1.82, 2.24) is 9.88 Å². The quantitative estimate of drug-likeness (QED) is 0.923. The molecule has 4 nitrogen and oxygen atoms in total. The van der Waals surface area contributed by atoms with Gasteiger partial charge in [-0.3, -0.25) is 9.59 Å². The van der Waals surface area contributed by atoms with Crippen LogP contribution in [0.3, 0.4) is 0 Å². The number of carbonyl (C=O) groups excluding carboxylic acids is 1. The fourth-order valence-electron chi connectivity index (χ4n) is 2.22. The number of H-pyrrole nitrogens is 1. The van der Waals surface area contributed by atoms with Crippen molar-refractivity contribution >= 4 is 5.91 Å². The van der Waals surface area contributed by atoms with Gasteiger partial charge < -0.3 is 9.88 Å². The molecule has 0 bridgehead atoms. The zero-order chi connectivity index (χ0) is 17.4. The maximum atomic E-state index is 12.9. The first-order chi connectivity index (χ1) is 10.6. The van der Waals surface area contributed by atoms with E-state index in [0.717, 1.165) is 12.1 Å². The summed E-state index contributed by atoms with van der Waals surface area (Å²) < 4.78 is 38.6. The molecule has 2 rings (SSSR count). The predicted octanol–water partition coefficient (Wildman–Crippen LogP) is 3.07. The average molecular weight is 324 g/mol. The molecule has 0 spiro atoms. The fourth-order valence-corrected chi connectivity index (χ4v) is 2.22. The molecule has 1 aromatic carbocycles. The number of pyridine rings is 1. The monoisotopic (exact) mass is 324 g/mol. The van der Waals surface area contributed by atoms with Crippen LogP contribution in [0.2, 0.25) is 0 Å². The van der Waals surface area contributed by atoms with E-state index in [2.05, 4.69) is 4.98 Å². The maximum absolute atomic E-state index is 12.9. The van der Waals surface area contributed by atoms with Gasteiger partial charge in [0.1, 0.15) is 5.56 Å². The predicted molar refractivity (Wildman–Crippen MR) is 80.3 cm³/mol. The van der Waals surface area contributed by atoms with Gasteiger partial charge in [0.05, 0.1) is 5.56 Å².